The first kappa shape index (κ1) is 24.6. The van der Waals surface area contributed by atoms with Crippen molar-refractivity contribution in [1.82, 2.24) is 9.88 Å². The number of rotatable bonds is 2. The molecule has 3 aliphatic carbocycles. The van der Waals surface area contributed by atoms with Crippen molar-refractivity contribution < 1.29 is 32.5 Å². The summed E-state index contributed by atoms with van der Waals surface area (Å²) in [7, 11) is 3.67. The lowest BCUT2D eigenvalue weighted by Gasteiger charge is -2.57. The van der Waals surface area contributed by atoms with Crippen molar-refractivity contribution in [2.45, 2.75) is 74.7 Å². The van der Waals surface area contributed by atoms with E-state index in [1.54, 1.807) is 6.08 Å². The molecule has 0 amide bonds. The van der Waals surface area contributed by atoms with Gasteiger partial charge in [0.25, 0.3) is 0 Å². The Hall–Kier alpha value is -2.46. The minimum atomic E-state index is -4.56. The average Bonchev–Trinajstić information content (AvgIpc) is 3.54. The number of allylic oxidation sites excluding steroid dienone is 3. The minimum absolute atomic E-state index is 0.144. The molecule has 1 unspecified atom stereocenters. The predicted molar refractivity (Wildman–Crippen MR) is 134 cm³/mol. The Morgan fingerprint density at radius 1 is 1.16 bits per heavy atom. The van der Waals surface area contributed by atoms with Crippen molar-refractivity contribution in [3.63, 3.8) is 0 Å². The fourth-order valence-corrected chi connectivity index (χ4v) is 8.40. The molecular formula is C29H31F3N2O4. The van der Waals surface area contributed by atoms with Gasteiger partial charge in [0.2, 0.25) is 0 Å². The second-order valence-corrected chi connectivity index (χ2v) is 12.2. The van der Waals surface area contributed by atoms with Gasteiger partial charge in [0, 0.05) is 22.9 Å². The number of hydrogen-bond donors (Lipinski definition) is 2. The van der Waals surface area contributed by atoms with Gasteiger partial charge in [-0.3, -0.25) is 0 Å². The van der Waals surface area contributed by atoms with Gasteiger partial charge < -0.3 is 24.3 Å². The van der Waals surface area contributed by atoms with E-state index in [0.717, 1.165) is 11.1 Å². The molecule has 9 heteroatoms. The van der Waals surface area contributed by atoms with E-state index in [1.165, 1.54) is 6.39 Å². The minimum Gasteiger partial charge on any atom is -0.443 e. The molecule has 3 heterocycles. The summed E-state index contributed by atoms with van der Waals surface area (Å²) in [4.78, 5) is 6.03. The van der Waals surface area contributed by atoms with Crippen molar-refractivity contribution >= 4 is 16.7 Å². The monoisotopic (exact) mass is 528 g/mol. The third-order valence-corrected chi connectivity index (χ3v) is 10.2. The van der Waals surface area contributed by atoms with E-state index in [-0.39, 0.29) is 24.0 Å². The third-order valence-electron chi connectivity index (χ3n) is 10.2. The molecule has 1 aromatic carbocycles. The summed E-state index contributed by atoms with van der Waals surface area (Å²) >= 11 is 0. The second kappa shape index (κ2) is 7.59. The largest absolute Gasteiger partial charge is 0.443 e. The topological polar surface area (TPSA) is 79.0 Å². The number of aliphatic hydroxyl groups is 2. The number of likely N-dealkylation sites (N-methyl/N-ethyl adjacent to an activating group) is 1. The molecule has 1 saturated carbocycles. The van der Waals surface area contributed by atoms with E-state index in [9.17, 15) is 23.4 Å². The fraction of sp³-hybridized carbons (Fsp3) is 0.552. The normalized spacial score (nSPS) is 40.2. The lowest BCUT2D eigenvalue weighted by Crippen LogP contribution is -2.62. The van der Waals surface area contributed by atoms with Crippen LogP contribution in [0.3, 0.4) is 0 Å². The Morgan fingerprint density at radius 3 is 2.68 bits per heavy atom. The molecule has 38 heavy (non-hydrogen) atoms. The molecule has 2 spiro atoms. The van der Waals surface area contributed by atoms with Gasteiger partial charge in [-0.1, -0.05) is 25.1 Å². The van der Waals surface area contributed by atoms with Crippen LogP contribution in [0, 0.1) is 11.3 Å². The number of oxazole rings is 1. The Balaban J connectivity index is 1.40. The molecule has 2 N–H and O–H groups in total. The van der Waals surface area contributed by atoms with E-state index >= 15 is 0 Å². The molecule has 2 fully saturated rings. The Morgan fingerprint density at radius 2 is 1.95 bits per heavy atom. The van der Waals surface area contributed by atoms with Crippen LogP contribution in [-0.2, 0) is 4.74 Å². The molecule has 0 radical (unpaired) electrons. The molecule has 6 nitrogen and oxygen atoms in total. The van der Waals surface area contributed by atoms with Crippen LogP contribution in [0.25, 0.3) is 16.7 Å². The van der Waals surface area contributed by atoms with Crippen molar-refractivity contribution in [3.8, 4) is 0 Å². The van der Waals surface area contributed by atoms with E-state index in [0.29, 0.717) is 42.4 Å². The summed E-state index contributed by atoms with van der Waals surface area (Å²) in [6.07, 6.45) is -0.178. The summed E-state index contributed by atoms with van der Waals surface area (Å²) in [5.74, 6) is -0.199. The third kappa shape index (κ3) is 3.01. The summed E-state index contributed by atoms with van der Waals surface area (Å²) in [6, 6.07) is 5.24. The molecule has 2 aromatic rings. The van der Waals surface area contributed by atoms with Gasteiger partial charge in [0.1, 0.15) is 11.6 Å². The van der Waals surface area contributed by atoms with Crippen LogP contribution in [0.15, 0.2) is 57.9 Å². The van der Waals surface area contributed by atoms with Crippen molar-refractivity contribution in [3.05, 3.63) is 59.0 Å². The highest BCUT2D eigenvalue weighted by Gasteiger charge is 2.69. The molecule has 7 atom stereocenters. The molecule has 1 aromatic heterocycles. The highest BCUT2D eigenvalue weighted by Crippen LogP contribution is 2.70. The van der Waals surface area contributed by atoms with E-state index in [1.807, 2.05) is 44.1 Å². The number of fused-ring (bicyclic) bond motifs is 2. The predicted octanol–water partition coefficient (Wildman–Crippen LogP) is 4.78. The second-order valence-electron chi connectivity index (χ2n) is 12.2. The number of ether oxygens (including phenoxy) is 1. The summed E-state index contributed by atoms with van der Waals surface area (Å²) in [5, 5.41) is 22.0. The lowest BCUT2D eigenvalue weighted by molar-refractivity contribution is -0.170. The molecule has 2 aliphatic heterocycles. The summed E-state index contributed by atoms with van der Waals surface area (Å²) in [6.45, 7) is 1.94. The number of aliphatic hydroxyl groups excluding tert-OH is 2. The summed E-state index contributed by atoms with van der Waals surface area (Å²) < 4.78 is 56.9. The first-order chi connectivity index (χ1) is 17.9. The maximum atomic E-state index is 14.8. The Labute approximate surface area is 218 Å². The van der Waals surface area contributed by atoms with Crippen LogP contribution < -0.4 is 0 Å². The van der Waals surface area contributed by atoms with Crippen LogP contribution in [-0.4, -0.2) is 69.8 Å². The molecular weight excluding hydrogens is 497 g/mol. The van der Waals surface area contributed by atoms with Crippen LogP contribution in [0.4, 0.5) is 13.2 Å². The van der Waals surface area contributed by atoms with Gasteiger partial charge in [-0.15, -0.1) is 0 Å². The van der Waals surface area contributed by atoms with Gasteiger partial charge in [-0.05, 0) is 80.6 Å². The SMILES string of the molecule is CN(C)[C@H]1C[C@@]23CC[C@@]4(O2)C(=C(C(F)(F)F)C[C@]2(C)C(c5ccc6ncoc6c5)=CCC24)C=C3[C@@H](O)[C@@H]1O. The van der Waals surface area contributed by atoms with Gasteiger partial charge in [-0.2, -0.15) is 13.2 Å². The first-order valence-electron chi connectivity index (χ1n) is 13.2. The standard InChI is InChI=1S/C29H31F3N2O4/c1-26-12-19(29(30,31)32)17-11-18-24(35)25(36)21(34(2)3)13-27(18)8-9-28(17,38-27)23(26)7-5-16(26)15-4-6-20-22(10-15)37-14-33-20/h4-6,10-11,14,21,23-25,35-36H,7-9,12-13H2,1-3H3/t21-,23?,24+,25+,26+,27+,28+/m0/s1. The maximum absolute atomic E-state index is 14.8. The lowest BCUT2D eigenvalue weighted by atomic mass is 9.56. The highest BCUT2D eigenvalue weighted by molar-refractivity contribution is 5.82. The smallest absolute Gasteiger partial charge is 0.413 e. The summed E-state index contributed by atoms with van der Waals surface area (Å²) in [5.41, 5.74) is 0.129. The molecule has 202 valence electrons. The van der Waals surface area contributed by atoms with Gasteiger partial charge in [0.15, 0.2) is 12.0 Å². The molecule has 5 aliphatic rings. The van der Waals surface area contributed by atoms with Crippen LogP contribution >= 0.6 is 0 Å². The van der Waals surface area contributed by atoms with Crippen molar-refractivity contribution in [2.75, 3.05) is 14.1 Å². The maximum Gasteiger partial charge on any atom is 0.413 e. The highest BCUT2D eigenvalue weighted by atomic mass is 19.4. The van der Waals surface area contributed by atoms with E-state index in [2.05, 4.69) is 11.1 Å². The number of benzene rings is 1. The zero-order chi connectivity index (χ0) is 26.8. The average molecular weight is 529 g/mol. The van der Waals surface area contributed by atoms with Gasteiger partial charge in [-0.25, -0.2) is 4.98 Å². The van der Waals surface area contributed by atoms with Crippen LogP contribution in [0.5, 0.6) is 0 Å². The number of halogens is 3. The van der Waals surface area contributed by atoms with Gasteiger partial charge in [0.05, 0.1) is 17.3 Å². The number of hydrogen-bond acceptors (Lipinski definition) is 6. The molecule has 1 saturated heterocycles. The van der Waals surface area contributed by atoms with Crippen molar-refractivity contribution in [2.24, 2.45) is 11.3 Å². The first-order valence-corrected chi connectivity index (χ1v) is 13.2. The van der Waals surface area contributed by atoms with Gasteiger partial charge >= 0.3 is 6.18 Å². The van der Waals surface area contributed by atoms with Crippen LogP contribution in [0.2, 0.25) is 0 Å². The zero-order valence-corrected chi connectivity index (χ0v) is 21.5. The Bertz CT molecular complexity index is 1440. The molecule has 7 rings (SSSR count). The molecule has 2 bridgehead atoms. The number of nitrogens with zero attached hydrogens (tertiary/aromatic N) is 2. The quantitative estimate of drug-likeness (QED) is 0.584. The number of alkyl halides is 3. The number of aromatic nitrogens is 1. The zero-order valence-electron chi connectivity index (χ0n) is 21.5. The Kier molecular flexibility index (Phi) is 4.91. The van der Waals surface area contributed by atoms with E-state index < -0.39 is 40.6 Å². The van der Waals surface area contributed by atoms with Crippen molar-refractivity contribution in [1.29, 1.82) is 0 Å². The van der Waals surface area contributed by atoms with Crippen LogP contribution in [0.1, 0.15) is 44.6 Å². The van der Waals surface area contributed by atoms with E-state index in [4.69, 9.17) is 9.15 Å². The fourth-order valence-electron chi connectivity index (χ4n) is 8.40.